The fourth-order valence-corrected chi connectivity index (χ4v) is 8.35. The van der Waals surface area contributed by atoms with Crippen LogP contribution in [0.5, 0.6) is 0 Å². The van der Waals surface area contributed by atoms with Crippen molar-refractivity contribution in [2.45, 2.75) is 4.90 Å². The van der Waals surface area contributed by atoms with Crippen LogP contribution in [0.2, 0.25) is 0 Å². The van der Waals surface area contributed by atoms with E-state index in [1.165, 1.54) is 28.0 Å². The second-order valence-electron chi connectivity index (χ2n) is 7.55. The van der Waals surface area contributed by atoms with E-state index < -0.39 is 28.2 Å². The Labute approximate surface area is 205 Å². The van der Waals surface area contributed by atoms with Crippen LogP contribution in [-0.4, -0.2) is 36.8 Å². The topological polar surface area (TPSA) is 115 Å². The Hall–Kier alpha value is -3.35. The Bertz CT molecular complexity index is 1250. The Morgan fingerprint density at radius 3 is 1.49 bits per heavy atom. The molecule has 6 nitrogen and oxygen atoms in total. The fraction of sp³-hybridized carbons (Fsp3) is 0.0741. The SMILES string of the molecule is O=C([O-])c1cccc(S(=O)(=O)O)c1.OCC[P+](c1ccccc1)(c1ccccc1)c1ccccc1. The molecule has 0 heterocycles. The smallest absolute Gasteiger partial charge is 0.294 e. The van der Waals surface area contributed by atoms with Crippen molar-refractivity contribution in [2.24, 2.45) is 0 Å². The molecule has 0 aliphatic heterocycles. The monoisotopic (exact) mass is 508 g/mol. The predicted octanol–water partition coefficient (Wildman–Crippen LogP) is 2.27. The molecule has 35 heavy (non-hydrogen) atoms. The minimum absolute atomic E-state index is 0.187. The van der Waals surface area contributed by atoms with Crippen LogP contribution < -0.4 is 21.0 Å². The first kappa shape index (κ1) is 26.3. The summed E-state index contributed by atoms with van der Waals surface area (Å²) in [5, 5.41) is 24.1. The zero-order valence-electron chi connectivity index (χ0n) is 18.8. The number of rotatable bonds is 7. The van der Waals surface area contributed by atoms with Crippen molar-refractivity contribution >= 4 is 39.3 Å². The molecule has 0 aliphatic rings. The molecule has 0 amide bonds. The van der Waals surface area contributed by atoms with E-state index in [0.29, 0.717) is 0 Å². The third-order valence-corrected chi connectivity index (χ3v) is 10.7. The van der Waals surface area contributed by atoms with Gasteiger partial charge in [-0.1, -0.05) is 66.7 Å². The van der Waals surface area contributed by atoms with Gasteiger partial charge in [0, 0.05) is 0 Å². The molecule has 4 aromatic rings. The summed E-state index contributed by atoms with van der Waals surface area (Å²) in [5.41, 5.74) is -0.296. The third kappa shape index (κ3) is 6.41. The molecule has 0 aliphatic carbocycles. The summed E-state index contributed by atoms with van der Waals surface area (Å²) in [4.78, 5) is 9.83. The van der Waals surface area contributed by atoms with Gasteiger partial charge in [-0.25, -0.2) is 0 Å². The summed E-state index contributed by atoms with van der Waals surface area (Å²) in [6, 6.07) is 36.2. The molecule has 0 radical (unpaired) electrons. The van der Waals surface area contributed by atoms with Crippen LogP contribution in [0, 0.1) is 0 Å². The Morgan fingerprint density at radius 1 is 0.714 bits per heavy atom. The van der Waals surface area contributed by atoms with Gasteiger partial charge in [0.1, 0.15) is 23.2 Å². The van der Waals surface area contributed by atoms with E-state index in [-0.39, 0.29) is 12.2 Å². The first-order chi connectivity index (χ1) is 16.8. The maximum Gasteiger partial charge on any atom is 0.294 e. The zero-order chi connectivity index (χ0) is 25.3. The maximum absolute atomic E-state index is 10.5. The number of benzene rings is 4. The molecule has 0 saturated heterocycles. The van der Waals surface area contributed by atoms with Gasteiger partial charge in [0.2, 0.25) is 0 Å². The molecule has 0 spiro atoms. The first-order valence-corrected chi connectivity index (χ1v) is 14.1. The molecular weight excluding hydrogens is 483 g/mol. The highest BCUT2D eigenvalue weighted by molar-refractivity contribution is 7.95. The van der Waals surface area contributed by atoms with Crippen LogP contribution in [0.4, 0.5) is 0 Å². The first-order valence-electron chi connectivity index (χ1n) is 10.7. The van der Waals surface area contributed by atoms with Gasteiger partial charge >= 0.3 is 0 Å². The van der Waals surface area contributed by atoms with Crippen molar-refractivity contribution in [1.29, 1.82) is 0 Å². The summed E-state index contributed by atoms with van der Waals surface area (Å²) in [6.07, 6.45) is 0.769. The molecule has 0 saturated carbocycles. The molecular formula is C27H25O6PS. The summed E-state index contributed by atoms with van der Waals surface area (Å²) < 4.78 is 29.7. The number of aromatic carboxylic acids is 1. The number of carboxylic acid groups (broad SMARTS) is 1. The van der Waals surface area contributed by atoms with E-state index in [1.54, 1.807) is 0 Å². The minimum Gasteiger partial charge on any atom is -0.545 e. The van der Waals surface area contributed by atoms with Crippen molar-refractivity contribution in [3.63, 3.8) is 0 Å². The van der Waals surface area contributed by atoms with Gasteiger partial charge in [0.15, 0.2) is 0 Å². The summed E-state index contributed by atoms with van der Waals surface area (Å²) >= 11 is 0. The molecule has 0 atom stereocenters. The van der Waals surface area contributed by atoms with Gasteiger partial charge in [0.25, 0.3) is 10.1 Å². The lowest BCUT2D eigenvalue weighted by Gasteiger charge is -2.26. The molecule has 4 rings (SSSR count). The summed E-state index contributed by atoms with van der Waals surface area (Å²) in [7, 11) is -6.15. The van der Waals surface area contributed by atoms with Crippen molar-refractivity contribution in [3.05, 3.63) is 121 Å². The second-order valence-corrected chi connectivity index (χ2v) is 12.6. The molecule has 0 unspecified atom stereocenters. The highest BCUT2D eigenvalue weighted by Gasteiger charge is 2.44. The average molecular weight is 509 g/mol. The number of aliphatic hydroxyl groups excluding tert-OH is 1. The number of hydrogen-bond donors (Lipinski definition) is 2. The van der Waals surface area contributed by atoms with Gasteiger partial charge in [-0.2, -0.15) is 8.42 Å². The van der Waals surface area contributed by atoms with E-state index in [0.717, 1.165) is 18.3 Å². The van der Waals surface area contributed by atoms with Crippen LogP contribution in [0.15, 0.2) is 120 Å². The zero-order valence-corrected chi connectivity index (χ0v) is 20.5. The molecule has 2 N–H and O–H groups in total. The lowest BCUT2D eigenvalue weighted by molar-refractivity contribution is -0.255. The van der Waals surface area contributed by atoms with Gasteiger partial charge in [-0.15, -0.1) is 0 Å². The number of carbonyl (C=O) groups excluding carboxylic acids is 1. The predicted molar refractivity (Wildman–Crippen MR) is 138 cm³/mol. The van der Waals surface area contributed by atoms with Crippen molar-refractivity contribution in [2.75, 3.05) is 12.8 Å². The van der Waals surface area contributed by atoms with Crippen LogP contribution in [0.1, 0.15) is 10.4 Å². The normalized spacial score (nSPS) is 11.3. The second kappa shape index (κ2) is 11.9. The van der Waals surface area contributed by atoms with Crippen molar-refractivity contribution in [1.82, 2.24) is 0 Å². The molecule has 8 heteroatoms. The Morgan fingerprint density at radius 2 is 1.14 bits per heavy atom. The van der Waals surface area contributed by atoms with Gasteiger partial charge in [-0.3, -0.25) is 4.55 Å². The third-order valence-electron chi connectivity index (χ3n) is 5.39. The molecule has 0 aromatic heterocycles. The number of carboxylic acids is 1. The largest absolute Gasteiger partial charge is 0.545 e. The quantitative estimate of drug-likeness (QED) is 0.292. The van der Waals surface area contributed by atoms with E-state index in [2.05, 4.69) is 72.8 Å². The summed E-state index contributed by atoms with van der Waals surface area (Å²) in [5.74, 6) is -1.49. The average Bonchev–Trinajstić information content (AvgIpc) is 2.89. The lowest BCUT2D eigenvalue weighted by Crippen LogP contribution is -2.34. The Balaban J connectivity index is 0.000000225. The summed E-state index contributed by atoms with van der Waals surface area (Å²) in [6.45, 7) is 0.187. The van der Waals surface area contributed by atoms with Crippen LogP contribution in [0.3, 0.4) is 0 Å². The number of hydrogen-bond acceptors (Lipinski definition) is 5. The van der Waals surface area contributed by atoms with Crippen molar-refractivity contribution in [3.8, 4) is 0 Å². The van der Waals surface area contributed by atoms with Crippen LogP contribution in [-0.2, 0) is 10.1 Å². The van der Waals surface area contributed by atoms with Gasteiger partial charge < -0.3 is 15.0 Å². The highest BCUT2D eigenvalue weighted by atomic mass is 32.2. The number of carbonyl (C=O) groups is 1. The van der Waals surface area contributed by atoms with Crippen LogP contribution >= 0.6 is 7.26 Å². The fourth-order valence-electron chi connectivity index (χ4n) is 3.82. The van der Waals surface area contributed by atoms with E-state index in [4.69, 9.17) is 4.55 Å². The molecule has 4 aromatic carbocycles. The standard InChI is InChI=1S/C20H20OP.C7H6O5S/c21-16-17-22(18-10-4-1-5-11-18,19-12-6-2-7-13-19)20-14-8-3-9-15-20;8-7(9)5-2-1-3-6(4-5)13(10,11)12/h1-15,21H,16-17H2;1-4H,(H,8,9)(H,10,11,12)/q+1;/p-1. The van der Waals surface area contributed by atoms with Crippen molar-refractivity contribution < 1.29 is 28.0 Å². The van der Waals surface area contributed by atoms with Gasteiger partial charge in [0.05, 0.1) is 23.6 Å². The van der Waals surface area contributed by atoms with Gasteiger partial charge in [-0.05, 0) is 54.1 Å². The lowest BCUT2D eigenvalue weighted by atomic mass is 10.2. The van der Waals surface area contributed by atoms with E-state index in [1.807, 2.05) is 18.2 Å². The maximum atomic E-state index is 10.5. The Kier molecular flexibility index (Phi) is 8.90. The molecule has 0 fully saturated rings. The van der Waals surface area contributed by atoms with Crippen LogP contribution in [0.25, 0.3) is 0 Å². The number of aliphatic hydroxyl groups is 1. The molecule has 180 valence electrons. The van der Waals surface area contributed by atoms with E-state index in [9.17, 15) is 23.4 Å². The molecule has 0 bridgehead atoms. The highest BCUT2D eigenvalue weighted by Crippen LogP contribution is 2.54. The van der Waals surface area contributed by atoms with E-state index >= 15 is 0 Å². The minimum atomic E-state index is -4.35.